The van der Waals surface area contributed by atoms with Gasteiger partial charge in [-0.3, -0.25) is 4.79 Å². The summed E-state index contributed by atoms with van der Waals surface area (Å²) < 4.78 is 15.5. The zero-order valence-electron chi connectivity index (χ0n) is 8.28. The van der Waals surface area contributed by atoms with Crippen LogP contribution in [0.5, 0.6) is 0 Å². The number of carbonyl (C=O) groups is 1. The number of nitrogens with zero attached hydrogens (tertiary/aromatic N) is 1. The second-order valence-electron chi connectivity index (χ2n) is 3.12. The Hall–Kier alpha value is -0.960. The minimum Gasteiger partial charge on any atom is -0.365 e. The van der Waals surface area contributed by atoms with Crippen molar-refractivity contribution in [3.8, 4) is 6.07 Å². The number of ketones is 1. The summed E-state index contributed by atoms with van der Waals surface area (Å²) in [6.45, 7) is 0.224. The van der Waals surface area contributed by atoms with Crippen molar-refractivity contribution >= 4 is 5.78 Å². The van der Waals surface area contributed by atoms with Crippen LogP contribution in [0.2, 0.25) is 0 Å². The lowest BCUT2D eigenvalue weighted by atomic mass is 10.1. The Labute approximate surface area is 82.5 Å². The number of hydrogen-bond acceptors (Lipinski definition) is 5. The molecule has 5 nitrogen and oxygen atoms in total. The van der Waals surface area contributed by atoms with Gasteiger partial charge in [-0.15, -0.1) is 0 Å². The highest BCUT2D eigenvalue weighted by Crippen LogP contribution is 2.28. The first-order chi connectivity index (χ1) is 6.67. The van der Waals surface area contributed by atoms with Gasteiger partial charge in [0.15, 0.2) is 11.6 Å². The first-order valence-electron chi connectivity index (χ1n) is 4.29. The molecule has 1 fully saturated rings. The fraction of sp³-hybridized carbons (Fsp3) is 0.778. The van der Waals surface area contributed by atoms with Gasteiger partial charge in [-0.05, 0) is 0 Å². The number of ether oxygens (including phenoxy) is 3. The minimum atomic E-state index is -0.824. The SMILES string of the molecule is COC1(OC)COC(C(=O)CC#N)C1. The number of rotatable bonds is 4. The van der Waals surface area contributed by atoms with Crippen LogP contribution in [0.4, 0.5) is 0 Å². The van der Waals surface area contributed by atoms with Gasteiger partial charge < -0.3 is 14.2 Å². The molecule has 0 saturated carbocycles. The number of hydrogen-bond donors (Lipinski definition) is 0. The van der Waals surface area contributed by atoms with E-state index in [0.29, 0.717) is 6.42 Å². The maximum atomic E-state index is 11.3. The molecule has 0 spiro atoms. The van der Waals surface area contributed by atoms with E-state index in [9.17, 15) is 4.79 Å². The molecule has 0 aromatic rings. The third-order valence-electron chi connectivity index (χ3n) is 2.36. The van der Waals surface area contributed by atoms with Gasteiger partial charge >= 0.3 is 0 Å². The van der Waals surface area contributed by atoms with Gasteiger partial charge in [-0.2, -0.15) is 5.26 Å². The highest BCUT2D eigenvalue weighted by molar-refractivity contribution is 5.85. The summed E-state index contributed by atoms with van der Waals surface area (Å²) in [5.74, 6) is -1.04. The fourth-order valence-corrected chi connectivity index (χ4v) is 1.39. The summed E-state index contributed by atoms with van der Waals surface area (Å²) in [6, 6.07) is 1.80. The molecule has 0 aromatic heterocycles. The van der Waals surface area contributed by atoms with Crippen molar-refractivity contribution in [1.29, 1.82) is 5.26 Å². The molecule has 1 heterocycles. The van der Waals surface area contributed by atoms with Crippen molar-refractivity contribution < 1.29 is 19.0 Å². The first kappa shape index (κ1) is 11.1. The van der Waals surface area contributed by atoms with Gasteiger partial charge in [0.2, 0.25) is 0 Å². The molecule has 0 N–H and O–H groups in total. The predicted octanol–water partition coefficient (Wildman–Crippen LogP) is 0.247. The van der Waals surface area contributed by atoms with E-state index in [1.807, 2.05) is 0 Å². The molecule has 1 atom stereocenters. The lowest BCUT2D eigenvalue weighted by Crippen LogP contribution is -2.34. The molecule has 0 amide bonds. The van der Waals surface area contributed by atoms with Crippen LogP contribution in [0.15, 0.2) is 0 Å². The van der Waals surface area contributed by atoms with Crippen LogP contribution < -0.4 is 0 Å². The Balaban J connectivity index is 2.56. The summed E-state index contributed by atoms with van der Waals surface area (Å²) in [7, 11) is 3.01. The number of Topliss-reactive ketones (excluding diaryl/α,β-unsaturated/α-hetero) is 1. The van der Waals surface area contributed by atoms with Gasteiger partial charge in [0.1, 0.15) is 12.7 Å². The second kappa shape index (κ2) is 4.51. The molecule has 1 unspecified atom stereocenters. The van der Waals surface area contributed by atoms with Crippen LogP contribution in [0.3, 0.4) is 0 Å². The van der Waals surface area contributed by atoms with Crippen molar-refractivity contribution in [2.45, 2.75) is 24.7 Å². The van der Waals surface area contributed by atoms with Gasteiger partial charge in [0.25, 0.3) is 0 Å². The maximum Gasteiger partial charge on any atom is 0.194 e. The Bertz CT molecular complexity index is 254. The zero-order chi connectivity index (χ0) is 10.6. The predicted molar refractivity (Wildman–Crippen MR) is 46.3 cm³/mol. The first-order valence-corrected chi connectivity index (χ1v) is 4.29. The van der Waals surface area contributed by atoms with Crippen LogP contribution in [0, 0.1) is 11.3 Å². The lowest BCUT2D eigenvalue weighted by Gasteiger charge is -2.23. The second-order valence-corrected chi connectivity index (χ2v) is 3.12. The highest BCUT2D eigenvalue weighted by atomic mass is 16.7. The Kier molecular flexibility index (Phi) is 3.58. The molecular formula is C9H13NO4. The topological polar surface area (TPSA) is 68.6 Å². The molecule has 1 rings (SSSR count). The monoisotopic (exact) mass is 199 g/mol. The fourth-order valence-electron chi connectivity index (χ4n) is 1.39. The van der Waals surface area contributed by atoms with E-state index in [-0.39, 0.29) is 18.8 Å². The van der Waals surface area contributed by atoms with E-state index in [2.05, 4.69) is 0 Å². The molecular weight excluding hydrogens is 186 g/mol. The average molecular weight is 199 g/mol. The third kappa shape index (κ3) is 2.10. The zero-order valence-corrected chi connectivity index (χ0v) is 8.28. The Morgan fingerprint density at radius 2 is 2.29 bits per heavy atom. The van der Waals surface area contributed by atoms with E-state index in [1.165, 1.54) is 14.2 Å². The number of nitriles is 1. The summed E-state index contributed by atoms with van der Waals surface area (Å²) in [5, 5.41) is 8.35. The quantitative estimate of drug-likeness (QED) is 0.607. The summed E-state index contributed by atoms with van der Waals surface area (Å²) in [5.41, 5.74) is 0. The Morgan fingerprint density at radius 3 is 2.71 bits per heavy atom. The third-order valence-corrected chi connectivity index (χ3v) is 2.36. The van der Waals surface area contributed by atoms with Crippen LogP contribution >= 0.6 is 0 Å². The molecule has 1 aliphatic rings. The van der Waals surface area contributed by atoms with Gasteiger partial charge in [0.05, 0.1) is 12.5 Å². The minimum absolute atomic E-state index is 0.131. The Morgan fingerprint density at radius 1 is 1.64 bits per heavy atom. The van der Waals surface area contributed by atoms with E-state index < -0.39 is 11.9 Å². The molecule has 0 radical (unpaired) electrons. The summed E-state index contributed by atoms with van der Waals surface area (Å²) >= 11 is 0. The van der Waals surface area contributed by atoms with Crippen molar-refractivity contribution in [2.24, 2.45) is 0 Å². The van der Waals surface area contributed by atoms with Crippen LogP contribution in [-0.4, -0.2) is 38.5 Å². The van der Waals surface area contributed by atoms with Gasteiger partial charge in [-0.1, -0.05) is 0 Å². The molecule has 78 valence electrons. The number of carbonyl (C=O) groups excluding carboxylic acids is 1. The van der Waals surface area contributed by atoms with Crippen molar-refractivity contribution in [2.75, 3.05) is 20.8 Å². The van der Waals surface area contributed by atoms with Gasteiger partial charge in [-0.25, -0.2) is 0 Å². The average Bonchev–Trinajstić information content (AvgIpc) is 2.63. The van der Waals surface area contributed by atoms with Crippen molar-refractivity contribution in [1.82, 2.24) is 0 Å². The highest BCUT2D eigenvalue weighted by Gasteiger charge is 2.43. The lowest BCUT2D eigenvalue weighted by molar-refractivity contribution is -0.202. The van der Waals surface area contributed by atoms with E-state index in [0.717, 1.165) is 0 Å². The van der Waals surface area contributed by atoms with E-state index in [4.69, 9.17) is 19.5 Å². The van der Waals surface area contributed by atoms with E-state index in [1.54, 1.807) is 6.07 Å². The maximum absolute atomic E-state index is 11.3. The normalized spacial score (nSPS) is 24.5. The molecule has 5 heteroatoms. The molecule has 0 bridgehead atoms. The standard InChI is InChI=1S/C9H13NO4/c1-12-9(13-2)5-8(14-6-9)7(11)3-4-10/h8H,3,5-6H2,1-2H3. The molecule has 1 aliphatic heterocycles. The van der Waals surface area contributed by atoms with Crippen LogP contribution in [-0.2, 0) is 19.0 Å². The largest absolute Gasteiger partial charge is 0.365 e. The van der Waals surface area contributed by atoms with E-state index >= 15 is 0 Å². The van der Waals surface area contributed by atoms with Crippen LogP contribution in [0.1, 0.15) is 12.8 Å². The van der Waals surface area contributed by atoms with Crippen molar-refractivity contribution in [3.05, 3.63) is 0 Å². The molecule has 14 heavy (non-hydrogen) atoms. The van der Waals surface area contributed by atoms with Gasteiger partial charge in [0, 0.05) is 20.6 Å². The smallest absolute Gasteiger partial charge is 0.194 e. The summed E-state index contributed by atoms with van der Waals surface area (Å²) in [4.78, 5) is 11.3. The molecule has 0 aromatic carbocycles. The molecule has 1 saturated heterocycles. The summed E-state index contributed by atoms with van der Waals surface area (Å²) in [6.07, 6.45) is -0.358. The van der Waals surface area contributed by atoms with Crippen LogP contribution in [0.25, 0.3) is 0 Å². The molecule has 0 aliphatic carbocycles. The van der Waals surface area contributed by atoms with Crippen molar-refractivity contribution in [3.63, 3.8) is 0 Å². The number of methoxy groups -OCH3 is 2.